The number of carbonyl (C=O) groups excluding carboxylic acids is 1. The van der Waals surface area contributed by atoms with Crippen LogP contribution in [0.25, 0.3) is 0 Å². The average molecular weight is 326 g/mol. The lowest BCUT2D eigenvalue weighted by molar-refractivity contribution is -0.133. The van der Waals surface area contributed by atoms with Crippen LogP contribution in [-0.2, 0) is 11.2 Å². The fourth-order valence-corrected chi connectivity index (χ4v) is 5.15. The molecule has 24 heavy (non-hydrogen) atoms. The Bertz CT molecular complexity index is 546. The van der Waals surface area contributed by atoms with E-state index in [1.165, 1.54) is 44.1 Å². The first-order valence-electron chi connectivity index (χ1n) is 9.87. The second-order valence-electron chi connectivity index (χ2n) is 8.09. The number of nitrogens with one attached hydrogen (secondary N) is 1. The summed E-state index contributed by atoms with van der Waals surface area (Å²) in [4.78, 5) is 15.1. The Balaban J connectivity index is 1.30. The maximum atomic E-state index is 12.9. The molecule has 0 saturated carbocycles. The molecule has 0 aromatic heterocycles. The van der Waals surface area contributed by atoms with Crippen LogP contribution in [0.1, 0.15) is 56.9 Å². The third kappa shape index (κ3) is 3.66. The highest BCUT2D eigenvalue weighted by Crippen LogP contribution is 2.34. The molecule has 3 aliphatic rings. The first-order chi connectivity index (χ1) is 11.8. The van der Waals surface area contributed by atoms with Crippen LogP contribution >= 0.6 is 0 Å². The van der Waals surface area contributed by atoms with E-state index in [0.29, 0.717) is 30.0 Å². The van der Waals surface area contributed by atoms with Gasteiger partial charge in [-0.25, -0.2) is 0 Å². The molecular weight excluding hydrogens is 296 g/mol. The summed E-state index contributed by atoms with van der Waals surface area (Å²) in [6.45, 7) is 0.982. The Hall–Kier alpha value is -1.35. The maximum Gasteiger partial charge on any atom is 0.223 e. The lowest BCUT2D eigenvalue weighted by Gasteiger charge is -2.31. The molecule has 3 fully saturated rings. The fraction of sp³-hybridized carbons (Fsp3) is 0.667. The number of benzene rings is 1. The van der Waals surface area contributed by atoms with E-state index >= 15 is 0 Å². The minimum absolute atomic E-state index is 0.428. The molecule has 1 aromatic rings. The average Bonchev–Trinajstić information content (AvgIpc) is 3.20. The molecule has 1 amide bonds. The first-order valence-corrected chi connectivity index (χ1v) is 9.87. The molecular formula is C21H30N2O. The highest BCUT2D eigenvalue weighted by Gasteiger charge is 2.36. The van der Waals surface area contributed by atoms with Gasteiger partial charge in [-0.3, -0.25) is 4.79 Å². The number of aryl methyl sites for hydroxylation is 1. The predicted octanol–water partition coefficient (Wildman–Crippen LogP) is 3.53. The number of amides is 1. The van der Waals surface area contributed by atoms with Crippen LogP contribution in [-0.4, -0.2) is 35.5 Å². The van der Waals surface area contributed by atoms with E-state index in [4.69, 9.17) is 0 Å². The summed E-state index contributed by atoms with van der Waals surface area (Å²) in [5.74, 6) is 1.04. The summed E-state index contributed by atoms with van der Waals surface area (Å²) >= 11 is 0. The van der Waals surface area contributed by atoms with Crippen LogP contribution in [0.4, 0.5) is 0 Å². The van der Waals surface area contributed by atoms with Gasteiger partial charge in [0.1, 0.15) is 0 Å². The molecule has 1 N–H and O–H groups in total. The summed E-state index contributed by atoms with van der Waals surface area (Å²) in [6.07, 6.45) is 10.4. The van der Waals surface area contributed by atoms with Crippen LogP contribution in [0.5, 0.6) is 0 Å². The normalized spacial score (nSPS) is 32.2. The summed E-state index contributed by atoms with van der Waals surface area (Å²) in [5, 5.41) is 3.69. The predicted molar refractivity (Wildman–Crippen MR) is 96.8 cm³/mol. The Morgan fingerprint density at radius 1 is 1.08 bits per heavy atom. The van der Waals surface area contributed by atoms with E-state index in [0.717, 1.165) is 25.8 Å². The Labute approximate surface area is 145 Å². The smallest absolute Gasteiger partial charge is 0.223 e. The molecule has 2 bridgehead atoms. The summed E-state index contributed by atoms with van der Waals surface area (Å²) in [6, 6.07) is 12.5. The van der Waals surface area contributed by atoms with Crippen molar-refractivity contribution in [1.82, 2.24) is 10.2 Å². The molecule has 130 valence electrons. The number of piperidine rings is 1. The number of hydrogen-bond acceptors (Lipinski definition) is 2. The highest BCUT2D eigenvalue weighted by atomic mass is 16.2. The second-order valence-corrected chi connectivity index (χ2v) is 8.09. The fourth-order valence-electron chi connectivity index (χ4n) is 5.15. The van der Waals surface area contributed by atoms with Crippen molar-refractivity contribution in [2.24, 2.45) is 5.92 Å². The highest BCUT2D eigenvalue weighted by molar-refractivity contribution is 5.77. The van der Waals surface area contributed by atoms with Gasteiger partial charge in [-0.1, -0.05) is 30.3 Å². The number of fused-ring (bicyclic) bond motifs is 2. The number of carbonyl (C=O) groups is 1. The van der Waals surface area contributed by atoms with Gasteiger partial charge in [0.15, 0.2) is 0 Å². The van der Waals surface area contributed by atoms with Crippen molar-refractivity contribution in [1.29, 1.82) is 0 Å². The van der Waals surface area contributed by atoms with E-state index in [-0.39, 0.29) is 0 Å². The summed E-state index contributed by atoms with van der Waals surface area (Å²) in [7, 11) is 0. The van der Waals surface area contributed by atoms with Crippen molar-refractivity contribution >= 4 is 5.91 Å². The third-order valence-electron chi connectivity index (χ3n) is 6.34. The Morgan fingerprint density at radius 2 is 1.83 bits per heavy atom. The molecule has 3 nitrogen and oxygen atoms in total. The Kier molecular flexibility index (Phi) is 4.88. The number of hydrogen-bond donors (Lipinski definition) is 1. The van der Waals surface area contributed by atoms with Crippen molar-refractivity contribution in [2.75, 3.05) is 6.54 Å². The molecule has 3 saturated heterocycles. The van der Waals surface area contributed by atoms with Crippen molar-refractivity contribution in [3.8, 4) is 0 Å². The van der Waals surface area contributed by atoms with Gasteiger partial charge >= 0.3 is 0 Å². The SMILES string of the molecule is O=C(CC1CC2CCC(C1)N2)N1CCCC1CCc1ccccc1. The zero-order valence-electron chi connectivity index (χ0n) is 14.6. The molecule has 0 spiro atoms. The third-order valence-corrected chi connectivity index (χ3v) is 6.34. The first kappa shape index (κ1) is 16.1. The zero-order chi connectivity index (χ0) is 16.4. The lowest BCUT2D eigenvalue weighted by atomic mass is 9.89. The summed E-state index contributed by atoms with van der Waals surface area (Å²) in [5.41, 5.74) is 1.40. The largest absolute Gasteiger partial charge is 0.340 e. The van der Waals surface area contributed by atoms with Crippen LogP contribution in [0.3, 0.4) is 0 Å². The molecule has 3 atom stereocenters. The maximum absolute atomic E-state index is 12.9. The molecule has 1 aromatic carbocycles. The van der Waals surface area contributed by atoms with E-state index in [2.05, 4.69) is 40.5 Å². The number of likely N-dealkylation sites (tertiary alicyclic amines) is 1. The van der Waals surface area contributed by atoms with E-state index in [1.54, 1.807) is 0 Å². The van der Waals surface area contributed by atoms with Gasteiger partial charge in [0.2, 0.25) is 5.91 Å². The van der Waals surface area contributed by atoms with Crippen LogP contribution in [0.2, 0.25) is 0 Å². The molecule has 3 unspecified atom stereocenters. The molecule has 3 heterocycles. The molecule has 4 rings (SSSR count). The van der Waals surface area contributed by atoms with Crippen molar-refractivity contribution in [2.45, 2.75) is 75.9 Å². The van der Waals surface area contributed by atoms with Gasteiger partial charge < -0.3 is 10.2 Å². The van der Waals surface area contributed by atoms with E-state index in [9.17, 15) is 4.79 Å². The molecule has 0 aliphatic carbocycles. The number of rotatable bonds is 5. The van der Waals surface area contributed by atoms with E-state index < -0.39 is 0 Å². The minimum Gasteiger partial charge on any atom is -0.340 e. The van der Waals surface area contributed by atoms with Gasteiger partial charge in [0, 0.05) is 31.1 Å². The molecule has 3 heteroatoms. The standard InChI is InChI=1S/C21H30N2O/c24-21(15-17-13-18-9-10-19(14-17)22-18)23-12-4-7-20(23)11-8-16-5-2-1-3-6-16/h1-3,5-6,17-20,22H,4,7-15H2. The van der Waals surface area contributed by atoms with Crippen molar-refractivity contribution in [3.05, 3.63) is 35.9 Å². The molecule has 0 radical (unpaired) electrons. The van der Waals surface area contributed by atoms with E-state index in [1.807, 2.05) is 0 Å². The number of nitrogens with zero attached hydrogens (tertiary/aromatic N) is 1. The van der Waals surface area contributed by atoms with Crippen molar-refractivity contribution < 1.29 is 4.79 Å². The summed E-state index contributed by atoms with van der Waals surface area (Å²) < 4.78 is 0. The van der Waals surface area contributed by atoms with Gasteiger partial charge in [-0.2, -0.15) is 0 Å². The van der Waals surface area contributed by atoms with Crippen molar-refractivity contribution in [3.63, 3.8) is 0 Å². The van der Waals surface area contributed by atoms with Gasteiger partial charge in [0.05, 0.1) is 0 Å². The van der Waals surface area contributed by atoms with Gasteiger partial charge in [-0.15, -0.1) is 0 Å². The zero-order valence-corrected chi connectivity index (χ0v) is 14.6. The monoisotopic (exact) mass is 326 g/mol. The topological polar surface area (TPSA) is 32.3 Å². The van der Waals surface area contributed by atoms with Gasteiger partial charge in [0.25, 0.3) is 0 Å². The van der Waals surface area contributed by atoms with Crippen LogP contribution in [0, 0.1) is 5.92 Å². The molecule has 3 aliphatic heterocycles. The van der Waals surface area contributed by atoms with Gasteiger partial charge in [-0.05, 0) is 62.8 Å². The Morgan fingerprint density at radius 3 is 2.58 bits per heavy atom. The van der Waals surface area contributed by atoms with Crippen LogP contribution < -0.4 is 5.32 Å². The van der Waals surface area contributed by atoms with Crippen LogP contribution in [0.15, 0.2) is 30.3 Å². The minimum atomic E-state index is 0.428. The lowest BCUT2D eigenvalue weighted by Crippen LogP contribution is -2.41. The quantitative estimate of drug-likeness (QED) is 0.898. The second kappa shape index (κ2) is 7.26.